The van der Waals surface area contributed by atoms with E-state index in [2.05, 4.69) is 59.6 Å². The van der Waals surface area contributed by atoms with Gasteiger partial charge in [0.2, 0.25) is 0 Å². The number of nitrogens with zero attached hydrogens (tertiary/aromatic N) is 3. The quantitative estimate of drug-likeness (QED) is 0.629. The highest BCUT2D eigenvalue weighted by Gasteiger charge is 2.25. The second-order valence-electron chi connectivity index (χ2n) is 7.01. The summed E-state index contributed by atoms with van der Waals surface area (Å²) in [5, 5.41) is 6.69. The second kappa shape index (κ2) is 9.33. The van der Waals surface area contributed by atoms with Crippen molar-refractivity contribution in [3.63, 3.8) is 0 Å². The smallest absolute Gasteiger partial charge is 0.194 e. The van der Waals surface area contributed by atoms with Crippen molar-refractivity contribution in [1.29, 1.82) is 0 Å². The topological polar surface area (TPSA) is 49.8 Å². The van der Waals surface area contributed by atoms with Crippen LogP contribution in [0.25, 0.3) is 0 Å². The number of morpholine rings is 1. The first-order valence-corrected chi connectivity index (χ1v) is 10.6. The number of aryl methyl sites for hydroxylation is 3. The molecular formula is C21H30N4OS. The Labute approximate surface area is 166 Å². The van der Waals surface area contributed by atoms with Gasteiger partial charge in [-0.2, -0.15) is 0 Å². The molecule has 27 heavy (non-hydrogen) atoms. The summed E-state index contributed by atoms with van der Waals surface area (Å²) in [5.74, 6) is 0.975. The first-order chi connectivity index (χ1) is 13.1. The number of guanidine groups is 1. The van der Waals surface area contributed by atoms with E-state index in [0.717, 1.165) is 49.3 Å². The number of benzene rings is 1. The molecule has 5 nitrogen and oxygen atoms in total. The Kier molecular flexibility index (Phi) is 6.85. The number of nitrogens with one attached hydrogen (secondary N) is 1. The monoisotopic (exact) mass is 386 g/mol. The summed E-state index contributed by atoms with van der Waals surface area (Å²) in [6, 6.07) is 6.60. The van der Waals surface area contributed by atoms with Crippen LogP contribution in [0.15, 0.2) is 28.6 Å². The van der Waals surface area contributed by atoms with Crippen LogP contribution >= 0.6 is 11.3 Å². The lowest BCUT2D eigenvalue weighted by atomic mass is 10.00. The first-order valence-electron chi connectivity index (χ1n) is 9.70. The third-order valence-corrected chi connectivity index (χ3v) is 5.59. The molecule has 1 aromatic heterocycles. The highest BCUT2D eigenvalue weighted by atomic mass is 32.1. The zero-order valence-corrected chi connectivity index (χ0v) is 17.6. The zero-order chi connectivity index (χ0) is 19.2. The molecule has 2 heterocycles. The molecule has 0 aliphatic carbocycles. The molecule has 1 aliphatic rings. The minimum atomic E-state index is 0.0874. The molecule has 1 aliphatic heterocycles. The maximum Gasteiger partial charge on any atom is 0.194 e. The third-order valence-electron chi connectivity index (χ3n) is 4.77. The van der Waals surface area contributed by atoms with Gasteiger partial charge in [0.1, 0.15) is 6.10 Å². The maximum absolute atomic E-state index is 6.09. The fraction of sp³-hybridized carbons (Fsp3) is 0.524. The Morgan fingerprint density at radius 1 is 1.37 bits per heavy atom. The largest absolute Gasteiger partial charge is 0.370 e. The molecule has 0 bridgehead atoms. The van der Waals surface area contributed by atoms with Gasteiger partial charge in [-0.05, 0) is 38.8 Å². The summed E-state index contributed by atoms with van der Waals surface area (Å²) in [6.07, 6.45) is 0.966. The Balaban J connectivity index is 1.67. The van der Waals surface area contributed by atoms with Gasteiger partial charge < -0.3 is 15.0 Å². The predicted molar refractivity (Wildman–Crippen MR) is 113 cm³/mol. The number of hydrogen-bond acceptors (Lipinski definition) is 4. The van der Waals surface area contributed by atoms with Gasteiger partial charge in [0, 0.05) is 31.4 Å². The van der Waals surface area contributed by atoms with Crippen LogP contribution < -0.4 is 5.32 Å². The van der Waals surface area contributed by atoms with E-state index in [1.165, 1.54) is 16.7 Å². The van der Waals surface area contributed by atoms with Crippen LogP contribution in [0.4, 0.5) is 0 Å². The Hall–Kier alpha value is -1.92. The van der Waals surface area contributed by atoms with Crippen molar-refractivity contribution >= 4 is 17.3 Å². The molecule has 3 rings (SSSR count). The van der Waals surface area contributed by atoms with Crippen LogP contribution in [0.1, 0.15) is 40.4 Å². The normalized spacial score (nSPS) is 18.0. The first kappa shape index (κ1) is 19.8. The average Bonchev–Trinajstić information content (AvgIpc) is 3.06. The number of ether oxygens (including phenoxy) is 1. The van der Waals surface area contributed by atoms with E-state index in [1.807, 2.05) is 6.92 Å². The Morgan fingerprint density at radius 3 is 2.93 bits per heavy atom. The van der Waals surface area contributed by atoms with Crippen molar-refractivity contribution in [2.24, 2.45) is 4.99 Å². The minimum absolute atomic E-state index is 0.0874. The molecule has 0 saturated carbocycles. The van der Waals surface area contributed by atoms with E-state index in [4.69, 9.17) is 9.73 Å². The van der Waals surface area contributed by atoms with Crippen LogP contribution in [0.2, 0.25) is 0 Å². The SMILES string of the molecule is CCNC(=NCCc1csc(C)n1)N1CCOC(c2ccc(C)cc2C)C1. The maximum atomic E-state index is 6.09. The van der Waals surface area contributed by atoms with E-state index in [0.29, 0.717) is 6.61 Å². The van der Waals surface area contributed by atoms with Gasteiger partial charge in [0.15, 0.2) is 5.96 Å². The van der Waals surface area contributed by atoms with E-state index in [9.17, 15) is 0 Å². The molecule has 1 unspecified atom stereocenters. The van der Waals surface area contributed by atoms with Gasteiger partial charge in [0.05, 0.1) is 23.9 Å². The lowest BCUT2D eigenvalue weighted by molar-refractivity contribution is -0.00833. The van der Waals surface area contributed by atoms with Crippen LogP contribution in [0, 0.1) is 20.8 Å². The lowest BCUT2D eigenvalue weighted by Gasteiger charge is -2.36. The molecule has 1 aromatic carbocycles. The summed E-state index contributed by atoms with van der Waals surface area (Å²) in [6.45, 7) is 12.5. The molecule has 0 radical (unpaired) electrons. The minimum Gasteiger partial charge on any atom is -0.370 e. The molecule has 6 heteroatoms. The fourth-order valence-corrected chi connectivity index (χ4v) is 4.09. The zero-order valence-electron chi connectivity index (χ0n) is 16.8. The van der Waals surface area contributed by atoms with Gasteiger partial charge in [0.25, 0.3) is 0 Å². The highest BCUT2D eigenvalue weighted by Crippen LogP contribution is 2.26. The van der Waals surface area contributed by atoms with Gasteiger partial charge in [-0.25, -0.2) is 4.98 Å². The van der Waals surface area contributed by atoms with Crippen molar-refractivity contribution in [3.05, 3.63) is 51.0 Å². The van der Waals surface area contributed by atoms with Crippen LogP contribution in [-0.4, -0.2) is 48.6 Å². The van der Waals surface area contributed by atoms with Crippen molar-refractivity contribution < 1.29 is 4.74 Å². The molecule has 0 amide bonds. The van der Waals surface area contributed by atoms with Crippen molar-refractivity contribution in [3.8, 4) is 0 Å². The summed E-state index contributed by atoms with van der Waals surface area (Å²) in [5.41, 5.74) is 4.99. The summed E-state index contributed by atoms with van der Waals surface area (Å²) in [4.78, 5) is 11.7. The van der Waals surface area contributed by atoms with Crippen LogP contribution in [-0.2, 0) is 11.2 Å². The highest BCUT2D eigenvalue weighted by molar-refractivity contribution is 7.09. The van der Waals surface area contributed by atoms with Crippen molar-refractivity contribution in [2.75, 3.05) is 32.8 Å². The molecule has 1 atom stereocenters. The fourth-order valence-electron chi connectivity index (χ4n) is 3.44. The number of hydrogen-bond donors (Lipinski definition) is 1. The number of aliphatic imine (C=N–C) groups is 1. The van der Waals surface area contributed by atoms with Crippen LogP contribution in [0.5, 0.6) is 0 Å². The van der Waals surface area contributed by atoms with Crippen molar-refractivity contribution in [1.82, 2.24) is 15.2 Å². The van der Waals surface area contributed by atoms with Gasteiger partial charge in [-0.1, -0.05) is 23.8 Å². The summed E-state index contributed by atoms with van der Waals surface area (Å²) >= 11 is 1.70. The number of thiazole rings is 1. The van der Waals surface area contributed by atoms with E-state index >= 15 is 0 Å². The van der Waals surface area contributed by atoms with E-state index < -0.39 is 0 Å². The second-order valence-corrected chi connectivity index (χ2v) is 8.07. The van der Waals surface area contributed by atoms with Crippen LogP contribution in [0.3, 0.4) is 0 Å². The Bertz CT molecular complexity index is 786. The molecule has 146 valence electrons. The molecular weight excluding hydrogens is 356 g/mol. The van der Waals surface area contributed by atoms with Gasteiger partial charge in [-0.15, -0.1) is 11.3 Å². The summed E-state index contributed by atoms with van der Waals surface area (Å²) in [7, 11) is 0. The Morgan fingerprint density at radius 2 is 2.22 bits per heavy atom. The van der Waals surface area contributed by atoms with Crippen molar-refractivity contribution in [2.45, 2.75) is 40.2 Å². The third kappa shape index (κ3) is 5.30. The standard InChI is InChI=1S/C21H30N4OS/c1-5-22-21(23-9-8-18-14-27-17(4)24-18)25-10-11-26-20(13-25)19-7-6-15(2)12-16(19)3/h6-7,12,14,20H,5,8-11,13H2,1-4H3,(H,22,23). The average molecular weight is 387 g/mol. The number of rotatable bonds is 5. The van der Waals surface area contributed by atoms with Gasteiger partial charge >= 0.3 is 0 Å². The molecule has 1 fully saturated rings. The molecule has 1 saturated heterocycles. The number of aromatic nitrogens is 1. The summed E-state index contributed by atoms with van der Waals surface area (Å²) < 4.78 is 6.09. The van der Waals surface area contributed by atoms with E-state index in [-0.39, 0.29) is 6.10 Å². The predicted octanol–water partition coefficient (Wildman–Crippen LogP) is 3.65. The molecule has 2 aromatic rings. The van der Waals surface area contributed by atoms with E-state index in [1.54, 1.807) is 11.3 Å². The molecule has 0 spiro atoms. The lowest BCUT2D eigenvalue weighted by Crippen LogP contribution is -2.48. The van der Waals surface area contributed by atoms with Gasteiger partial charge in [-0.3, -0.25) is 4.99 Å². The molecule has 1 N–H and O–H groups in total.